The molecular weight excluding hydrogens is 281 g/mol. The molecule has 0 fully saturated rings. The number of carbonyl (C=O) groups is 3. The summed E-state index contributed by atoms with van der Waals surface area (Å²) in [5.74, 6) is -2.46. The van der Waals surface area contributed by atoms with Crippen LogP contribution in [0.3, 0.4) is 0 Å². The fourth-order valence-corrected chi connectivity index (χ4v) is 1.59. The fourth-order valence-electron chi connectivity index (χ4n) is 1.59. The molecule has 0 spiro atoms. The zero-order chi connectivity index (χ0) is 16.0. The zero-order valence-corrected chi connectivity index (χ0v) is 11.4. The van der Waals surface area contributed by atoms with Crippen molar-refractivity contribution in [3.63, 3.8) is 0 Å². The molecule has 1 rings (SSSR count). The molecule has 3 amide bonds. The molecule has 0 aromatic heterocycles. The maximum absolute atomic E-state index is 13.1. The minimum Gasteiger partial charge on any atom is -0.480 e. The van der Waals surface area contributed by atoms with Crippen LogP contribution in [0.4, 0.5) is 14.9 Å². The maximum atomic E-state index is 13.1. The van der Waals surface area contributed by atoms with E-state index in [0.717, 1.165) is 11.0 Å². The summed E-state index contributed by atoms with van der Waals surface area (Å²) in [6, 6.07) is 3.32. The number of carboxylic acid groups (broad SMARTS) is 1. The molecule has 0 aliphatic heterocycles. The van der Waals surface area contributed by atoms with Gasteiger partial charge in [-0.05, 0) is 24.6 Å². The summed E-state index contributed by atoms with van der Waals surface area (Å²) in [6.45, 7) is 0. The second kappa shape index (κ2) is 7.22. The van der Waals surface area contributed by atoms with Crippen molar-refractivity contribution in [1.82, 2.24) is 5.32 Å². The van der Waals surface area contributed by atoms with E-state index in [4.69, 9.17) is 10.8 Å². The van der Waals surface area contributed by atoms with Gasteiger partial charge in [0.2, 0.25) is 5.91 Å². The zero-order valence-electron chi connectivity index (χ0n) is 11.4. The molecule has 0 heterocycles. The van der Waals surface area contributed by atoms with E-state index < -0.39 is 29.8 Å². The molecular formula is C13H16FN3O4. The van der Waals surface area contributed by atoms with Gasteiger partial charge in [-0.2, -0.15) is 0 Å². The van der Waals surface area contributed by atoms with E-state index in [-0.39, 0.29) is 18.5 Å². The molecule has 1 aromatic carbocycles. The van der Waals surface area contributed by atoms with Crippen molar-refractivity contribution in [3.05, 3.63) is 30.1 Å². The average molecular weight is 297 g/mol. The summed E-state index contributed by atoms with van der Waals surface area (Å²) >= 11 is 0. The number of nitrogens with one attached hydrogen (secondary N) is 1. The number of benzene rings is 1. The van der Waals surface area contributed by atoms with Crippen molar-refractivity contribution in [1.29, 1.82) is 0 Å². The van der Waals surface area contributed by atoms with Crippen LogP contribution >= 0.6 is 0 Å². The lowest BCUT2D eigenvalue weighted by Gasteiger charge is -2.21. The summed E-state index contributed by atoms with van der Waals surface area (Å²) in [7, 11) is 1.37. The predicted molar refractivity (Wildman–Crippen MR) is 73.2 cm³/mol. The second-order valence-electron chi connectivity index (χ2n) is 4.38. The monoisotopic (exact) mass is 297 g/mol. The molecule has 1 atom stereocenters. The van der Waals surface area contributed by atoms with Crippen molar-refractivity contribution in [2.45, 2.75) is 18.9 Å². The summed E-state index contributed by atoms with van der Waals surface area (Å²) in [5.41, 5.74) is 5.21. The second-order valence-corrected chi connectivity index (χ2v) is 4.38. The fraction of sp³-hybridized carbons (Fsp3) is 0.308. The van der Waals surface area contributed by atoms with Crippen LogP contribution in [-0.4, -0.2) is 36.1 Å². The number of amides is 3. The van der Waals surface area contributed by atoms with E-state index in [1.165, 1.54) is 25.2 Å². The van der Waals surface area contributed by atoms with Gasteiger partial charge in [0.15, 0.2) is 0 Å². The van der Waals surface area contributed by atoms with Crippen molar-refractivity contribution in [2.75, 3.05) is 11.9 Å². The summed E-state index contributed by atoms with van der Waals surface area (Å²) in [4.78, 5) is 34.7. The number of urea groups is 1. The number of primary amides is 1. The summed E-state index contributed by atoms with van der Waals surface area (Å²) in [5, 5.41) is 11.2. The molecule has 0 saturated heterocycles. The van der Waals surface area contributed by atoms with Gasteiger partial charge in [0.1, 0.15) is 11.9 Å². The Bertz CT molecular complexity index is 550. The van der Waals surface area contributed by atoms with Crippen LogP contribution in [0.15, 0.2) is 24.3 Å². The number of rotatable bonds is 6. The number of anilines is 1. The number of carbonyl (C=O) groups excluding carboxylic acids is 2. The summed E-state index contributed by atoms with van der Waals surface area (Å²) in [6.07, 6.45) is -0.283. The lowest BCUT2D eigenvalue weighted by Crippen LogP contribution is -2.47. The minimum absolute atomic E-state index is 0.118. The van der Waals surface area contributed by atoms with Crippen LogP contribution in [0.5, 0.6) is 0 Å². The van der Waals surface area contributed by atoms with E-state index in [2.05, 4.69) is 5.32 Å². The number of hydrogen-bond acceptors (Lipinski definition) is 3. The van der Waals surface area contributed by atoms with Crippen LogP contribution in [-0.2, 0) is 9.59 Å². The third kappa shape index (κ3) is 5.09. The first-order valence-corrected chi connectivity index (χ1v) is 6.12. The molecule has 0 aliphatic carbocycles. The smallest absolute Gasteiger partial charge is 0.326 e. The number of halogens is 1. The van der Waals surface area contributed by atoms with Crippen molar-refractivity contribution < 1.29 is 23.9 Å². The van der Waals surface area contributed by atoms with Gasteiger partial charge in [0, 0.05) is 19.2 Å². The van der Waals surface area contributed by atoms with Crippen molar-refractivity contribution >= 4 is 23.6 Å². The van der Waals surface area contributed by atoms with Gasteiger partial charge in [-0.15, -0.1) is 0 Å². The Morgan fingerprint density at radius 2 is 2.10 bits per heavy atom. The normalized spacial score (nSPS) is 11.5. The van der Waals surface area contributed by atoms with Crippen LogP contribution in [0.25, 0.3) is 0 Å². The number of nitrogens with two attached hydrogens (primary N) is 1. The highest BCUT2D eigenvalue weighted by Crippen LogP contribution is 2.14. The first kappa shape index (κ1) is 16.4. The van der Waals surface area contributed by atoms with E-state index in [9.17, 15) is 18.8 Å². The first-order valence-electron chi connectivity index (χ1n) is 6.12. The molecule has 0 aliphatic rings. The molecule has 1 unspecified atom stereocenters. The van der Waals surface area contributed by atoms with Gasteiger partial charge in [0.25, 0.3) is 0 Å². The third-order valence-electron chi connectivity index (χ3n) is 2.78. The largest absolute Gasteiger partial charge is 0.480 e. The van der Waals surface area contributed by atoms with Gasteiger partial charge < -0.3 is 16.2 Å². The van der Waals surface area contributed by atoms with Crippen LogP contribution in [0.1, 0.15) is 12.8 Å². The van der Waals surface area contributed by atoms with Crippen LogP contribution < -0.4 is 16.0 Å². The number of carboxylic acids is 1. The third-order valence-corrected chi connectivity index (χ3v) is 2.78. The maximum Gasteiger partial charge on any atom is 0.326 e. The Morgan fingerprint density at radius 3 is 2.62 bits per heavy atom. The predicted octanol–water partition coefficient (Wildman–Crippen LogP) is 0.690. The average Bonchev–Trinajstić information content (AvgIpc) is 2.41. The van der Waals surface area contributed by atoms with Crippen LogP contribution in [0.2, 0.25) is 0 Å². The first-order chi connectivity index (χ1) is 9.81. The molecule has 0 saturated carbocycles. The van der Waals surface area contributed by atoms with E-state index in [0.29, 0.717) is 0 Å². The molecule has 0 bridgehead atoms. The lowest BCUT2D eigenvalue weighted by atomic mass is 10.1. The SMILES string of the molecule is CN(C(=O)NC(CCC(N)=O)C(=O)O)c1cccc(F)c1. The van der Waals surface area contributed by atoms with Gasteiger partial charge in [0.05, 0.1) is 0 Å². The highest BCUT2D eigenvalue weighted by molar-refractivity contribution is 5.94. The van der Waals surface area contributed by atoms with E-state index in [1.807, 2.05) is 0 Å². The van der Waals surface area contributed by atoms with Crippen molar-refractivity contribution in [3.8, 4) is 0 Å². The molecule has 4 N–H and O–H groups in total. The molecule has 0 radical (unpaired) electrons. The van der Waals surface area contributed by atoms with Gasteiger partial charge >= 0.3 is 12.0 Å². The Morgan fingerprint density at radius 1 is 1.43 bits per heavy atom. The lowest BCUT2D eigenvalue weighted by molar-refractivity contribution is -0.139. The summed E-state index contributed by atoms with van der Waals surface area (Å²) < 4.78 is 13.1. The highest BCUT2D eigenvalue weighted by atomic mass is 19.1. The van der Waals surface area contributed by atoms with Gasteiger partial charge in [-0.3, -0.25) is 9.69 Å². The van der Waals surface area contributed by atoms with Crippen LogP contribution in [0, 0.1) is 5.82 Å². The highest BCUT2D eigenvalue weighted by Gasteiger charge is 2.22. The Hall–Kier alpha value is -2.64. The number of nitrogens with zero attached hydrogens (tertiary/aromatic N) is 1. The van der Waals surface area contributed by atoms with Gasteiger partial charge in [-0.25, -0.2) is 14.0 Å². The number of aliphatic carboxylic acids is 1. The standard InChI is InChI=1S/C13H16FN3O4/c1-17(9-4-2-3-8(14)7-9)13(21)16-10(12(19)20)5-6-11(15)18/h2-4,7,10H,5-6H2,1H3,(H2,15,18)(H,16,21)(H,19,20). The Labute approximate surface area is 120 Å². The molecule has 21 heavy (non-hydrogen) atoms. The molecule has 7 nitrogen and oxygen atoms in total. The molecule has 114 valence electrons. The van der Waals surface area contributed by atoms with Crippen molar-refractivity contribution in [2.24, 2.45) is 5.73 Å². The Kier molecular flexibility index (Phi) is 5.65. The Balaban J connectivity index is 2.72. The number of hydrogen-bond donors (Lipinski definition) is 3. The minimum atomic E-state index is -1.28. The van der Waals surface area contributed by atoms with Gasteiger partial charge in [-0.1, -0.05) is 6.07 Å². The van der Waals surface area contributed by atoms with E-state index >= 15 is 0 Å². The van der Waals surface area contributed by atoms with E-state index in [1.54, 1.807) is 0 Å². The molecule has 1 aromatic rings. The topological polar surface area (TPSA) is 113 Å². The quantitative estimate of drug-likeness (QED) is 0.717. The molecule has 8 heteroatoms.